The van der Waals surface area contributed by atoms with Gasteiger partial charge in [-0.1, -0.05) is 15.9 Å². The molecule has 156 valence electrons. The van der Waals surface area contributed by atoms with Crippen LogP contribution in [0.3, 0.4) is 0 Å². The summed E-state index contributed by atoms with van der Waals surface area (Å²) in [6, 6.07) is 16.9. The Morgan fingerprint density at radius 2 is 1.87 bits per heavy atom. The van der Waals surface area contributed by atoms with Gasteiger partial charge in [-0.3, -0.25) is 4.79 Å². The van der Waals surface area contributed by atoms with E-state index in [1.165, 1.54) is 24.3 Å². The van der Waals surface area contributed by atoms with E-state index in [-0.39, 0.29) is 11.7 Å². The monoisotopic (exact) mass is 480 g/mol. The van der Waals surface area contributed by atoms with Gasteiger partial charge >= 0.3 is 0 Å². The van der Waals surface area contributed by atoms with Gasteiger partial charge in [0.15, 0.2) is 0 Å². The van der Waals surface area contributed by atoms with Crippen molar-refractivity contribution in [2.45, 2.75) is 13.5 Å². The van der Waals surface area contributed by atoms with Gasteiger partial charge in [-0.2, -0.15) is 5.10 Å². The van der Waals surface area contributed by atoms with Crippen LogP contribution >= 0.6 is 15.9 Å². The minimum Gasteiger partial charge on any atom is -0.439 e. The molecule has 1 N–H and O–H groups in total. The molecule has 0 saturated carbocycles. The summed E-state index contributed by atoms with van der Waals surface area (Å²) in [5.74, 6) is 0.276. The van der Waals surface area contributed by atoms with Crippen molar-refractivity contribution in [2.24, 2.45) is 0 Å². The number of hydrogen-bond donors (Lipinski definition) is 1. The first-order valence-electron chi connectivity index (χ1n) is 9.47. The molecule has 8 heteroatoms. The normalized spacial score (nSPS) is 10.7. The van der Waals surface area contributed by atoms with E-state index in [1.54, 1.807) is 29.2 Å². The average Bonchev–Trinajstić information content (AvgIpc) is 3.16. The molecule has 2 aromatic heterocycles. The van der Waals surface area contributed by atoms with Crippen LogP contribution in [0.15, 0.2) is 77.5 Å². The largest absolute Gasteiger partial charge is 0.439 e. The number of aromatic nitrogens is 3. The Balaban J connectivity index is 1.42. The van der Waals surface area contributed by atoms with Crippen LogP contribution < -0.4 is 10.1 Å². The van der Waals surface area contributed by atoms with Crippen molar-refractivity contribution in [1.29, 1.82) is 0 Å². The topological polar surface area (TPSA) is 69.0 Å². The molecule has 0 fully saturated rings. The molecule has 0 bridgehead atoms. The third-order valence-corrected chi connectivity index (χ3v) is 5.14. The van der Waals surface area contributed by atoms with Gasteiger partial charge in [0.2, 0.25) is 5.88 Å². The fraction of sp³-hybridized carbons (Fsp3) is 0.0870. The number of amides is 1. The standard InChI is InChI=1S/C23H18BrFN4O2/c1-15-21(14-28-29(15)19-6-2-17(24)3-7-19)23(30)27-13-16-10-11-26-22(12-16)31-20-8-4-18(25)5-9-20/h2-12,14H,13H2,1H3,(H,27,30). The van der Waals surface area contributed by atoms with E-state index in [0.717, 1.165) is 21.4 Å². The zero-order valence-corrected chi connectivity index (χ0v) is 18.1. The minimum atomic E-state index is -0.337. The summed E-state index contributed by atoms with van der Waals surface area (Å²) >= 11 is 3.41. The maximum atomic E-state index is 13.0. The van der Waals surface area contributed by atoms with Crippen molar-refractivity contribution >= 4 is 21.8 Å². The molecule has 0 unspecified atom stereocenters. The first kappa shape index (κ1) is 20.7. The Bertz CT molecular complexity index is 1210. The molecule has 0 saturated heterocycles. The quantitative estimate of drug-likeness (QED) is 0.411. The predicted molar refractivity (Wildman–Crippen MR) is 118 cm³/mol. The highest BCUT2D eigenvalue weighted by atomic mass is 79.9. The number of benzene rings is 2. The summed E-state index contributed by atoms with van der Waals surface area (Å²) in [6.07, 6.45) is 3.15. The molecule has 1 amide bonds. The maximum absolute atomic E-state index is 13.0. The summed E-state index contributed by atoms with van der Waals surface area (Å²) in [5, 5.41) is 7.24. The van der Waals surface area contributed by atoms with Crippen molar-refractivity contribution in [3.8, 4) is 17.3 Å². The van der Waals surface area contributed by atoms with Gasteiger partial charge in [-0.15, -0.1) is 0 Å². The molecular weight excluding hydrogens is 463 g/mol. The molecule has 2 heterocycles. The van der Waals surface area contributed by atoms with Crippen LogP contribution in [0.5, 0.6) is 11.6 Å². The summed E-state index contributed by atoms with van der Waals surface area (Å²) in [7, 11) is 0. The van der Waals surface area contributed by atoms with E-state index in [0.29, 0.717) is 23.7 Å². The van der Waals surface area contributed by atoms with E-state index >= 15 is 0 Å². The average molecular weight is 481 g/mol. The first-order valence-corrected chi connectivity index (χ1v) is 10.3. The summed E-state index contributed by atoms with van der Waals surface area (Å²) < 4.78 is 21.4. The van der Waals surface area contributed by atoms with Gasteiger partial charge in [-0.05, 0) is 67.1 Å². The van der Waals surface area contributed by atoms with Crippen molar-refractivity contribution in [3.63, 3.8) is 0 Å². The third-order valence-electron chi connectivity index (χ3n) is 4.61. The van der Waals surface area contributed by atoms with Gasteiger partial charge in [-0.25, -0.2) is 14.1 Å². The number of carbonyl (C=O) groups is 1. The van der Waals surface area contributed by atoms with E-state index < -0.39 is 0 Å². The Morgan fingerprint density at radius 1 is 1.13 bits per heavy atom. The van der Waals surface area contributed by atoms with E-state index in [2.05, 4.69) is 31.3 Å². The van der Waals surface area contributed by atoms with Crippen LogP contribution in [0.4, 0.5) is 4.39 Å². The fourth-order valence-corrected chi connectivity index (χ4v) is 3.26. The Kier molecular flexibility index (Phi) is 6.08. The van der Waals surface area contributed by atoms with Crippen LogP contribution in [0.2, 0.25) is 0 Å². The van der Waals surface area contributed by atoms with Gasteiger partial charge in [0, 0.05) is 23.3 Å². The molecule has 0 aliphatic rings. The molecule has 4 rings (SSSR count). The van der Waals surface area contributed by atoms with Crippen LogP contribution in [-0.4, -0.2) is 20.7 Å². The Morgan fingerprint density at radius 3 is 2.61 bits per heavy atom. The second-order valence-electron chi connectivity index (χ2n) is 6.77. The zero-order valence-electron chi connectivity index (χ0n) is 16.5. The molecule has 0 aliphatic carbocycles. The Hall–Kier alpha value is -3.52. The Labute approximate surface area is 186 Å². The lowest BCUT2D eigenvalue weighted by Gasteiger charge is -2.09. The molecular formula is C23H18BrFN4O2. The number of nitrogens with zero attached hydrogens (tertiary/aromatic N) is 3. The van der Waals surface area contributed by atoms with Gasteiger partial charge < -0.3 is 10.1 Å². The highest BCUT2D eigenvalue weighted by Crippen LogP contribution is 2.21. The van der Waals surface area contributed by atoms with Crippen LogP contribution in [0.1, 0.15) is 21.6 Å². The molecule has 2 aromatic carbocycles. The number of carbonyl (C=O) groups excluding carboxylic acids is 1. The smallest absolute Gasteiger partial charge is 0.255 e. The van der Waals surface area contributed by atoms with Crippen molar-refractivity contribution < 1.29 is 13.9 Å². The number of hydrogen-bond acceptors (Lipinski definition) is 4. The third kappa shape index (κ3) is 4.97. The van der Waals surface area contributed by atoms with Crippen LogP contribution in [-0.2, 0) is 6.54 Å². The van der Waals surface area contributed by atoms with Crippen molar-refractivity contribution in [1.82, 2.24) is 20.1 Å². The molecule has 0 aliphatic heterocycles. The molecule has 0 spiro atoms. The molecule has 4 aromatic rings. The fourth-order valence-electron chi connectivity index (χ4n) is 2.99. The number of rotatable bonds is 6. The molecule has 31 heavy (non-hydrogen) atoms. The van der Waals surface area contributed by atoms with Gasteiger partial charge in [0.05, 0.1) is 23.1 Å². The number of halogens is 2. The second kappa shape index (κ2) is 9.09. The highest BCUT2D eigenvalue weighted by molar-refractivity contribution is 9.10. The van der Waals surface area contributed by atoms with Crippen LogP contribution in [0, 0.1) is 12.7 Å². The number of pyridine rings is 1. The van der Waals surface area contributed by atoms with Crippen molar-refractivity contribution in [2.75, 3.05) is 0 Å². The second-order valence-corrected chi connectivity index (χ2v) is 7.69. The van der Waals surface area contributed by atoms with E-state index in [9.17, 15) is 9.18 Å². The zero-order chi connectivity index (χ0) is 21.8. The highest BCUT2D eigenvalue weighted by Gasteiger charge is 2.15. The molecule has 0 radical (unpaired) electrons. The maximum Gasteiger partial charge on any atom is 0.255 e. The van der Waals surface area contributed by atoms with E-state index in [1.807, 2.05) is 31.2 Å². The first-order chi connectivity index (χ1) is 15.0. The summed E-state index contributed by atoms with van der Waals surface area (Å²) in [5.41, 5.74) is 2.93. The van der Waals surface area contributed by atoms with Gasteiger partial charge in [0.1, 0.15) is 11.6 Å². The number of nitrogens with one attached hydrogen (secondary N) is 1. The minimum absolute atomic E-state index is 0.223. The predicted octanol–water partition coefficient (Wildman–Crippen LogP) is 5.20. The number of ether oxygens (including phenoxy) is 1. The lowest BCUT2D eigenvalue weighted by Crippen LogP contribution is -2.23. The lowest BCUT2D eigenvalue weighted by molar-refractivity contribution is 0.0950. The van der Waals surface area contributed by atoms with Crippen molar-refractivity contribution in [3.05, 3.63) is 100 Å². The summed E-state index contributed by atoms with van der Waals surface area (Å²) in [6.45, 7) is 2.15. The van der Waals surface area contributed by atoms with Gasteiger partial charge in [0.25, 0.3) is 5.91 Å². The van der Waals surface area contributed by atoms with Crippen LogP contribution in [0.25, 0.3) is 5.69 Å². The van der Waals surface area contributed by atoms with E-state index in [4.69, 9.17) is 4.74 Å². The molecule has 6 nitrogen and oxygen atoms in total. The lowest BCUT2D eigenvalue weighted by atomic mass is 10.2. The molecule has 0 atom stereocenters. The summed E-state index contributed by atoms with van der Waals surface area (Å²) in [4.78, 5) is 16.8. The SMILES string of the molecule is Cc1c(C(=O)NCc2ccnc(Oc3ccc(F)cc3)c2)cnn1-c1ccc(Br)cc1.